The van der Waals surface area contributed by atoms with Crippen molar-refractivity contribution < 1.29 is 18.8 Å². The number of halogens is 1. The molecular formula is C22H19FN4O3S. The fraction of sp³-hybridized carbons (Fsp3) is 0.227. The molecule has 31 heavy (non-hydrogen) atoms. The van der Waals surface area contributed by atoms with Gasteiger partial charge in [0.15, 0.2) is 5.78 Å². The molecule has 0 saturated heterocycles. The number of aryl methyl sites for hydroxylation is 1. The average molecular weight is 438 g/mol. The predicted octanol–water partition coefficient (Wildman–Crippen LogP) is 3.94. The zero-order valence-corrected chi connectivity index (χ0v) is 17.9. The lowest BCUT2D eigenvalue weighted by atomic mass is 10.0. The molecule has 0 radical (unpaired) electrons. The maximum absolute atomic E-state index is 14.9. The smallest absolute Gasteiger partial charge is 0.244 e. The van der Waals surface area contributed by atoms with Crippen molar-refractivity contribution in [1.29, 1.82) is 0 Å². The standard InChI is InChI=1S/C22H19FN4O3S/c1-11-8-17-19(21(23)24-11)16-10-31-26-20(16)12(2)22(30)27(17)9-18(29)25-15-6-4-14(5-7-15)13(3)28/h4-8,10,12H,9H2,1-3H3,(H,25,29). The average Bonchev–Trinajstić information content (AvgIpc) is 3.17. The van der Waals surface area contributed by atoms with E-state index in [0.29, 0.717) is 33.9 Å². The summed E-state index contributed by atoms with van der Waals surface area (Å²) >= 11 is 1.15. The number of aromatic nitrogens is 2. The molecule has 9 heteroatoms. The van der Waals surface area contributed by atoms with Crippen LogP contribution in [0.5, 0.6) is 0 Å². The highest BCUT2D eigenvalue weighted by molar-refractivity contribution is 7.04. The van der Waals surface area contributed by atoms with Crippen LogP contribution in [0.3, 0.4) is 0 Å². The largest absolute Gasteiger partial charge is 0.325 e. The number of hydrogen-bond acceptors (Lipinski definition) is 6. The lowest BCUT2D eigenvalue weighted by molar-refractivity contribution is -0.122. The van der Waals surface area contributed by atoms with Gasteiger partial charge >= 0.3 is 0 Å². The normalized spacial score (nSPS) is 15.2. The summed E-state index contributed by atoms with van der Waals surface area (Å²) in [6, 6.07) is 8.06. The minimum absolute atomic E-state index is 0.0782. The minimum atomic E-state index is -0.705. The van der Waals surface area contributed by atoms with Crippen LogP contribution in [0.25, 0.3) is 11.1 Å². The molecule has 158 valence electrons. The maximum atomic E-state index is 14.9. The van der Waals surface area contributed by atoms with E-state index in [1.165, 1.54) is 11.8 Å². The van der Waals surface area contributed by atoms with Gasteiger partial charge in [-0.25, -0.2) is 4.98 Å². The second-order valence-corrected chi connectivity index (χ2v) is 8.02. The Balaban J connectivity index is 1.68. The Hall–Kier alpha value is -3.46. The van der Waals surface area contributed by atoms with Gasteiger partial charge in [0, 0.05) is 27.9 Å². The van der Waals surface area contributed by atoms with E-state index in [1.54, 1.807) is 49.6 Å². The Morgan fingerprint density at radius 1 is 1.26 bits per heavy atom. The summed E-state index contributed by atoms with van der Waals surface area (Å²) in [5.41, 5.74) is 2.88. The number of carbonyl (C=O) groups is 3. The number of Topliss-reactive ketones (excluding diaryl/α,β-unsaturated/α-hetero) is 1. The lowest BCUT2D eigenvalue weighted by Crippen LogP contribution is -2.40. The van der Waals surface area contributed by atoms with Crippen molar-refractivity contribution >= 4 is 40.5 Å². The number of carbonyl (C=O) groups excluding carboxylic acids is 3. The zero-order valence-electron chi connectivity index (χ0n) is 17.1. The predicted molar refractivity (Wildman–Crippen MR) is 116 cm³/mol. The SMILES string of the molecule is CC(=O)c1ccc(NC(=O)CN2C(=O)C(C)c3nscc3-c3c2cc(C)nc3F)cc1. The molecule has 3 aromatic rings. The third kappa shape index (κ3) is 3.84. The Morgan fingerprint density at radius 2 is 1.97 bits per heavy atom. The first-order chi connectivity index (χ1) is 14.8. The highest BCUT2D eigenvalue weighted by atomic mass is 32.1. The Bertz CT molecular complexity index is 1210. The minimum Gasteiger partial charge on any atom is -0.325 e. The molecule has 4 rings (SSSR count). The first-order valence-electron chi connectivity index (χ1n) is 9.60. The fourth-order valence-electron chi connectivity index (χ4n) is 3.59. The molecule has 0 bridgehead atoms. The molecule has 0 aliphatic carbocycles. The lowest BCUT2D eigenvalue weighted by Gasteiger charge is -2.24. The summed E-state index contributed by atoms with van der Waals surface area (Å²) in [5.74, 6) is -2.22. The molecule has 7 nitrogen and oxygen atoms in total. The van der Waals surface area contributed by atoms with Gasteiger partial charge in [0.2, 0.25) is 17.8 Å². The van der Waals surface area contributed by atoms with Crippen LogP contribution in [0.4, 0.5) is 15.8 Å². The second-order valence-electron chi connectivity index (χ2n) is 7.39. The topological polar surface area (TPSA) is 92.3 Å². The van der Waals surface area contributed by atoms with Crippen molar-refractivity contribution in [2.45, 2.75) is 26.7 Å². The quantitative estimate of drug-likeness (QED) is 0.492. The van der Waals surface area contributed by atoms with Gasteiger partial charge in [-0.1, -0.05) is 0 Å². The van der Waals surface area contributed by atoms with E-state index in [0.717, 1.165) is 11.5 Å². The number of hydrogen-bond donors (Lipinski definition) is 1. The highest BCUT2D eigenvalue weighted by Gasteiger charge is 2.36. The molecule has 2 aromatic heterocycles. The number of pyridine rings is 1. The summed E-state index contributed by atoms with van der Waals surface area (Å²) in [6.45, 7) is 4.47. The third-order valence-electron chi connectivity index (χ3n) is 5.16. The summed E-state index contributed by atoms with van der Waals surface area (Å²) in [6.07, 6.45) is 0. The van der Waals surface area contributed by atoms with Crippen LogP contribution in [0.2, 0.25) is 0 Å². The van der Waals surface area contributed by atoms with Gasteiger partial charge in [-0.2, -0.15) is 8.76 Å². The molecule has 1 aliphatic rings. The van der Waals surface area contributed by atoms with Crippen LogP contribution in [0, 0.1) is 12.9 Å². The van der Waals surface area contributed by atoms with E-state index < -0.39 is 17.8 Å². The molecule has 1 aliphatic heterocycles. The first kappa shape index (κ1) is 20.8. The van der Waals surface area contributed by atoms with E-state index >= 15 is 0 Å². The van der Waals surface area contributed by atoms with Gasteiger partial charge in [-0.05, 0) is 62.6 Å². The summed E-state index contributed by atoms with van der Waals surface area (Å²) < 4.78 is 19.2. The Morgan fingerprint density at radius 3 is 2.65 bits per heavy atom. The van der Waals surface area contributed by atoms with E-state index in [9.17, 15) is 18.8 Å². The molecule has 1 N–H and O–H groups in total. The van der Waals surface area contributed by atoms with Crippen molar-refractivity contribution in [3.8, 4) is 11.1 Å². The Labute approximate surface area is 182 Å². The molecule has 1 unspecified atom stereocenters. The maximum Gasteiger partial charge on any atom is 0.244 e. The van der Waals surface area contributed by atoms with Gasteiger partial charge < -0.3 is 10.2 Å². The van der Waals surface area contributed by atoms with E-state index in [4.69, 9.17) is 0 Å². The van der Waals surface area contributed by atoms with Gasteiger partial charge in [0.05, 0.1) is 22.9 Å². The molecule has 2 amide bonds. The Kier molecular flexibility index (Phi) is 5.36. The number of nitrogens with zero attached hydrogens (tertiary/aromatic N) is 3. The number of nitrogens with one attached hydrogen (secondary N) is 1. The highest BCUT2D eigenvalue weighted by Crippen LogP contribution is 2.42. The molecule has 3 heterocycles. The van der Waals surface area contributed by atoms with Crippen LogP contribution >= 0.6 is 11.5 Å². The van der Waals surface area contributed by atoms with Crippen LogP contribution in [0.1, 0.15) is 41.5 Å². The zero-order chi connectivity index (χ0) is 22.3. The summed E-state index contributed by atoms with van der Waals surface area (Å²) in [7, 11) is 0. The van der Waals surface area contributed by atoms with Crippen molar-refractivity contribution in [1.82, 2.24) is 9.36 Å². The van der Waals surface area contributed by atoms with Gasteiger partial charge in [0.1, 0.15) is 6.54 Å². The monoisotopic (exact) mass is 438 g/mol. The number of rotatable bonds is 4. The third-order valence-corrected chi connectivity index (χ3v) is 5.81. The summed E-state index contributed by atoms with van der Waals surface area (Å²) in [4.78, 5) is 42.6. The van der Waals surface area contributed by atoms with Crippen LogP contribution in [0.15, 0.2) is 35.7 Å². The molecule has 1 aromatic carbocycles. The van der Waals surface area contributed by atoms with Gasteiger partial charge in [0.25, 0.3) is 0 Å². The molecule has 0 saturated carbocycles. The molecule has 1 atom stereocenters. The number of fused-ring (bicyclic) bond motifs is 3. The van der Waals surface area contributed by atoms with Crippen LogP contribution in [-0.2, 0) is 9.59 Å². The first-order valence-corrected chi connectivity index (χ1v) is 10.4. The van der Waals surface area contributed by atoms with E-state index in [-0.39, 0.29) is 23.8 Å². The van der Waals surface area contributed by atoms with E-state index in [1.807, 2.05) is 0 Å². The van der Waals surface area contributed by atoms with Crippen molar-refractivity contribution in [3.63, 3.8) is 0 Å². The van der Waals surface area contributed by atoms with Crippen molar-refractivity contribution in [2.24, 2.45) is 0 Å². The molecule has 0 fully saturated rings. The van der Waals surface area contributed by atoms with Crippen molar-refractivity contribution in [3.05, 3.63) is 58.6 Å². The van der Waals surface area contributed by atoms with Crippen LogP contribution in [-0.4, -0.2) is 33.5 Å². The van der Waals surface area contributed by atoms with Crippen molar-refractivity contribution in [2.75, 3.05) is 16.8 Å². The fourth-order valence-corrected chi connectivity index (χ4v) is 4.36. The van der Waals surface area contributed by atoms with E-state index in [2.05, 4.69) is 14.7 Å². The van der Waals surface area contributed by atoms with Gasteiger partial charge in [-0.3, -0.25) is 14.4 Å². The number of amides is 2. The second kappa shape index (κ2) is 7.99. The molecular weight excluding hydrogens is 419 g/mol. The number of anilines is 2. The van der Waals surface area contributed by atoms with Gasteiger partial charge in [-0.15, -0.1) is 0 Å². The van der Waals surface area contributed by atoms with Crippen LogP contribution < -0.4 is 10.2 Å². The summed E-state index contributed by atoms with van der Waals surface area (Å²) in [5, 5.41) is 4.41. The number of ketones is 1. The number of benzene rings is 1. The molecule has 0 spiro atoms.